The number of nitrogens with zero attached hydrogens (tertiary/aromatic N) is 1. The summed E-state index contributed by atoms with van der Waals surface area (Å²) in [4.78, 5) is 16.0. The molecular weight excluding hydrogens is 398 g/mol. The minimum absolute atomic E-state index is 0.0318. The third kappa shape index (κ3) is 3.93. The summed E-state index contributed by atoms with van der Waals surface area (Å²) < 4.78 is 34.8. The molecule has 1 unspecified atom stereocenters. The van der Waals surface area contributed by atoms with Crippen molar-refractivity contribution < 1.29 is 22.4 Å². The Morgan fingerprint density at radius 3 is 2.89 bits per heavy atom. The van der Waals surface area contributed by atoms with Gasteiger partial charge in [-0.15, -0.1) is 11.3 Å². The van der Waals surface area contributed by atoms with Crippen LogP contribution in [0, 0.1) is 0 Å². The second-order valence-corrected chi connectivity index (χ2v) is 10.2. The predicted octanol–water partition coefficient (Wildman–Crippen LogP) is 3.26. The average molecular weight is 420 g/mol. The molecule has 6 nitrogen and oxygen atoms in total. The quantitative estimate of drug-likeness (QED) is 0.613. The minimum Gasteiger partial charge on any atom is -0.497 e. The Morgan fingerprint density at radius 1 is 1.36 bits per heavy atom. The van der Waals surface area contributed by atoms with Crippen LogP contribution in [0.2, 0.25) is 0 Å². The summed E-state index contributed by atoms with van der Waals surface area (Å²) in [7, 11) is -1.49. The van der Waals surface area contributed by atoms with Crippen molar-refractivity contribution in [3.63, 3.8) is 0 Å². The summed E-state index contributed by atoms with van der Waals surface area (Å²) in [5, 5.41) is 2.79. The van der Waals surface area contributed by atoms with Crippen molar-refractivity contribution in [3.05, 3.63) is 52.4 Å². The van der Waals surface area contributed by atoms with Crippen LogP contribution in [-0.2, 0) is 27.6 Å². The van der Waals surface area contributed by atoms with E-state index in [4.69, 9.17) is 9.15 Å². The largest absolute Gasteiger partial charge is 0.497 e. The predicted molar refractivity (Wildman–Crippen MR) is 108 cm³/mol. The number of ether oxygens (including phenoxy) is 1. The van der Waals surface area contributed by atoms with Crippen LogP contribution in [0.3, 0.4) is 0 Å². The maximum absolute atomic E-state index is 13.2. The molecule has 0 spiro atoms. The molecule has 2 aromatic heterocycles. The molecule has 1 aromatic carbocycles. The highest BCUT2D eigenvalue weighted by atomic mass is 32.2. The molecule has 8 heteroatoms. The molecule has 28 heavy (non-hydrogen) atoms. The van der Waals surface area contributed by atoms with E-state index in [1.165, 1.54) is 0 Å². The van der Waals surface area contributed by atoms with Crippen molar-refractivity contribution in [1.29, 1.82) is 0 Å². The Kier molecular flexibility index (Phi) is 5.16. The maximum Gasteiger partial charge on any atom is 0.227 e. The van der Waals surface area contributed by atoms with Crippen molar-refractivity contribution in [2.75, 3.05) is 18.6 Å². The summed E-state index contributed by atoms with van der Waals surface area (Å²) in [6.07, 6.45) is 2.23. The van der Waals surface area contributed by atoms with Gasteiger partial charge in [-0.2, -0.15) is 0 Å². The Balaban J connectivity index is 1.60. The summed E-state index contributed by atoms with van der Waals surface area (Å²) in [6, 6.07) is 9.09. The molecule has 0 aliphatic carbocycles. The van der Waals surface area contributed by atoms with Gasteiger partial charge in [0, 0.05) is 21.9 Å². The molecule has 1 aliphatic rings. The number of sulfone groups is 1. The van der Waals surface area contributed by atoms with Crippen LogP contribution in [-0.4, -0.2) is 43.9 Å². The zero-order valence-corrected chi connectivity index (χ0v) is 17.1. The van der Waals surface area contributed by atoms with Crippen LogP contribution in [0.5, 0.6) is 5.75 Å². The number of furan rings is 1. The molecule has 0 bridgehead atoms. The van der Waals surface area contributed by atoms with Gasteiger partial charge in [0.2, 0.25) is 5.91 Å². The molecule has 4 rings (SSSR count). The van der Waals surface area contributed by atoms with E-state index < -0.39 is 9.84 Å². The topological polar surface area (TPSA) is 76.8 Å². The van der Waals surface area contributed by atoms with Crippen molar-refractivity contribution >= 4 is 38.1 Å². The van der Waals surface area contributed by atoms with E-state index in [1.807, 2.05) is 35.7 Å². The highest BCUT2D eigenvalue weighted by Gasteiger charge is 2.35. The summed E-state index contributed by atoms with van der Waals surface area (Å²) in [5.74, 6) is 0.767. The summed E-state index contributed by atoms with van der Waals surface area (Å²) in [6.45, 7) is 0.426. The summed E-state index contributed by atoms with van der Waals surface area (Å²) >= 11 is 1.56. The van der Waals surface area contributed by atoms with Gasteiger partial charge in [-0.05, 0) is 36.1 Å². The number of amides is 1. The first-order valence-electron chi connectivity index (χ1n) is 9.01. The van der Waals surface area contributed by atoms with Gasteiger partial charge in [0.05, 0.1) is 37.8 Å². The number of benzene rings is 1. The number of carbonyl (C=O) groups excluding carboxylic acids is 1. The fraction of sp³-hybridized carbons (Fsp3) is 0.350. The van der Waals surface area contributed by atoms with E-state index in [0.717, 1.165) is 15.8 Å². The fourth-order valence-electron chi connectivity index (χ4n) is 3.60. The number of hydrogen-bond acceptors (Lipinski definition) is 6. The molecule has 3 heterocycles. The molecule has 1 atom stereocenters. The van der Waals surface area contributed by atoms with Gasteiger partial charge in [-0.1, -0.05) is 6.07 Å². The fourth-order valence-corrected chi connectivity index (χ4v) is 6.04. The maximum atomic E-state index is 13.2. The second kappa shape index (κ2) is 7.60. The van der Waals surface area contributed by atoms with Crippen LogP contribution < -0.4 is 4.74 Å². The Morgan fingerprint density at radius 2 is 2.21 bits per heavy atom. The van der Waals surface area contributed by atoms with Crippen LogP contribution in [0.25, 0.3) is 11.0 Å². The molecule has 3 aromatic rings. The molecule has 0 saturated carbocycles. The first-order valence-corrected chi connectivity index (χ1v) is 11.7. The normalized spacial score (nSPS) is 18.4. The van der Waals surface area contributed by atoms with Gasteiger partial charge in [0.1, 0.15) is 11.3 Å². The lowest BCUT2D eigenvalue weighted by molar-refractivity contribution is -0.133. The van der Waals surface area contributed by atoms with Crippen molar-refractivity contribution in [1.82, 2.24) is 4.90 Å². The lowest BCUT2D eigenvalue weighted by Crippen LogP contribution is -2.41. The van der Waals surface area contributed by atoms with E-state index in [2.05, 4.69) is 0 Å². The van der Waals surface area contributed by atoms with Crippen molar-refractivity contribution in [2.24, 2.45) is 0 Å². The number of thiophene rings is 1. The highest BCUT2D eigenvalue weighted by Crippen LogP contribution is 2.28. The van der Waals surface area contributed by atoms with Crippen molar-refractivity contribution in [3.8, 4) is 5.75 Å². The van der Waals surface area contributed by atoms with E-state index in [0.29, 0.717) is 24.3 Å². The Hall–Kier alpha value is -2.32. The Labute approximate surface area is 167 Å². The number of fused-ring (bicyclic) bond motifs is 1. The third-order valence-electron chi connectivity index (χ3n) is 5.08. The van der Waals surface area contributed by atoms with Crippen LogP contribution in [0.1, 0.15) is 16.9 Å². The number of hydrogen-bond donors (Lipinski definition) is 0. The lowest BCUT2D eigenvalue weighted by Gasteiger charge is -2.28. The van der Waals surface area contributed by atoms with Gasteiger partial charge in [-0.3, -0.25) is 4.79 Å². The second-order valence-electron chi connectivity index (χ2n) is 6.96. The van der Waals surface area contributed by atoms with Gasteiger partial charge in [-0.25, -0.2) is 8.42 Å². The number of methoxy groups -OCH3 is 1. The highest BCUT2D eigenvalue weighted by molar-refractivity contribution is 7.91. The first-order chi connectivity index (χ1) is 13.4. The van der Waals surface area contributed by atoms with Crippen molar-refractivity contribution in [2.45, 2.75) is 25.4 Å². The molecule has 1 saturated heterocycles. The molecule has 0 radical (unpaired) electrons. The average Bonchev–Trinajstić information content (AvgIpc) is 3.40. The van der Waals surface area contributed by atoms with Gasteiger partial charge >= 0.3 is 0 Å². The summed E-state index contributed by atoms with van der Waals surface area (Å²) in [5.41, 5.74) is 1.47. The van der Waals surface area contributed by atoms with Crippen LogP contribution in [0.15, 0.2) is 46.4 Å². The smallest absolute Gasteiger partial charge is 0.227 e. The molecule has 148 valence electrons. The monoisotopic (exact) mass is 419 g/mol. The van der Waals surface area contributed by atoms with E-state index in [9.17, 15) is 13.2 Å². The molecule has 1 aliphatic heterocycles. The SMILES string of the molecule is COc1ccc2occ(CC(=O)N(Cc3cccs3)C3CCS(=O)(=O)C3)c2c1. The minimum atomic E-state index is -3.08. The standard InChI is InChI=1S/C20H21NO5S2/c1-25-16-4-5-19-18(10-16)14(12-26-19)9-20(22)21(11-17-3-2-7-27-17)15-6-8-28(23,24)13-15/h2-5,7,10,12,15H,6,8-9,11,13H2,1H3. The number of carbonyl (C=O) groups is 1. The lowest BCUT2D eigenvalue weighted by atomic mass is 10.1. The zero-order valence-electron chi connectivity index (χ0n) is 15.5. The van der Waals surface area contributed by atoms with Crippen LogP contribution >= 0.6 is 11.3 Å². The molecule has 1 fully saturated rings. The Bertz CT molecular complexity index is 1090. The van der Waals surface area contributed by atoms with Gasteiger partial charge < -0.3 is 14.1 Å². The van der Waals surface area contributed by atoms with Crippen LogP contribution in [0.4, 0.5) is 0 Å². The van der Waals surface area contributed by atoms with Gasteiger partial charge in [0.15, 0.2) is 9.84 Å². The van der Waals surface area contributed by atoms with E-state index in [1.54, 1.807) is 29.6 Å². The van der Waals surface area contributed by atoms with E-state index >= 15 is 0 Å². The van der Waals surface area contributed by atoms with E-state index in [-0.39, 0.29) is 29.9 Å². The third-order valence-corrected chi connectivity index (χ3v) is 7.69. The zero-order chi connectivity index (χ0) is 19.7. The number of rotatable bonds is 6. The molecule has 0 N–H and O–H groups in total. The van der Waals surface area contributed by atoms with Gasteiger partial charge in [0.25, 0.3) is 0 Å². The molecular formula is C20H21NO5S2. The first kappa shape index (κ1) is 19.0. The molecule has 1 amide bonds.